The van der Waals surface area contributed by atoms with Gasteiger partial charge in [0.1, 0.15) is 23.3 Å². The third-order valence-electron chi connectivity index (χ3n) is 6.07. The van der Waals surface area contributed by atoms with Gasteiger partial charge < -0.3 is 19.4 Å². The van der Waals surface area contributed by atoms with Crippen molar-refractivity contribution in [2.75, 3.05) is 25.9 Å². The highest BCUT2D eigenvalue weighted by molar-refractivity contribution is 7.90. The van der Waals surface area contributed by atoms with Crippen LogP contribution in [0.4, 0.5) is 0 Å². The molecule has 1 saturated heterocycles. The van der Waals surface area contributed by atoms with E-state index in [9.17, 15) is 13.2 Å². The van der Waals surface area contributed by atoms with Crippen molar-refractivity contribution in [3.8, 4) is 22.8 Å². The number of amides is 1. The number of ether oxygens (including phenoxy) is 2. The molecule has 1 aromatic heterocycles. The van der Waals surface area contributed by atoms with Gasteiger partial charge in [0.2, 0.25) is 5.90 Å². The average Bonchev–Trinajstić information content (AvgIpc) is 3.60. The first-order valence-electron chi connectivity index (χ1n) is 11.6. The molecule has 3 heterocycles. The van der Waals surface area contributed by atoms with Crippen molar-refractivity contribution in [1.82, 2.24) is 9.88 Å². The molecule has 0 unspecified atom stereocenters. The Morgan fingerprint density at radius 3 is 2.40 bits per heavy atom. The first-order valence-corrected chi connectivity index (χ1v) is 13.5. The lowest BCUT2D eigenvalue weighted by molar-refractivity contribution is 0.0792. The van der Waals surface area contributed by atoms with Gasteiger partial charge in [-0.1, -0.05) is 0 Å². The van der Waals surface area contributed by atoms with Crippen molar-refractivity contribution in [2.24, 2.45) is 4.99 Å². The average molecular weight is 494 g/mol. The van der Waals surface area contributed by atoms with Gasteiger partial charge in [-0.3, -0.25) is 4.79 Å². The minimum absolute atomic E-state index is 0.0364. The summed E-state index contributed by atoms with van der Waals surface area (Å²) >= 11 is 0. The molecule has 9 heteroatoms. The Balaban J connectivity index is 1.48. The van der Waals surface area contributed by atoms with Crippen LogP contribution in [0.15, 0.2) is 64.5 Å². The van der Waals surface area contributed by atoms with E-state index in [1.54, 1.807) is 18.2 Å². The summed E-state index contributed by atoms with van der Waals surface area (Å²) in [6.07, 6.45) is 3.22. The Kier molecular flexibility index (Phi) is 6.10. The molecule has 5 rings (SSSR count). The summed E-state index contributed by atoms with van der Waals surface area (Å²) in [5, 5.41) is 0. The molecule has 2 aliphatic heterocycles. The number of nitrogens with one attached hydrogen (secondary N) is 1. The van der Waals surface area contributed by atoms with E-state index >= 15 is 0 Å². The fourth-order valence-corrected chi connectivity index (χ4v) is 4.87. The molecule has 0 aliphatic carbocycles. The van der Waals surface area contributed by atoms with Gasteiger partial charge in [-0.05, 0) is 74.4 Å². The topological polar surface area (TPSA) is 101 Å². The summed E-state index contributed by atoms with van der Waals surface area (Å²) in [4.78, 5) is 23.0. The fourth-order valence-electron chi connectivity index (χ4n) is 4.24. The molecule has 1 amide bonds. The predicted octanol–water partition coefficient (Wildman–Crippen LogP) is 4.28. The molecule has 3 aromatic rings. The highest BCUT2D eigenvalue weighted by Crippen LogP contribution is 2.31. The maximum Gasteiger partial charge on any atom is 0.254 e. The Morgan fingerprint density at radius 2 is 1.74 bits per heavy atom. The van der Waals surface area contributed by atoms with E-state index in [1.165, 1.54) is 12.1 Å². The molecule has 35 heavy (non-hydrogen) atoms. The molecule has 8 nitrogen and oxygen atoms in total. The Bertz CT molecular complexity index is 1390. The molecule has 1 atom stereocenters. The highest BCUT2D eigenvalue weighted by Gasteiger charge is 2.22. The number of aromatic amines is 1. The van der Waals surface area contributed by atoms with Crippen LogP contribution in [-0.2, 0) is 14.6 Å². The van der Waals surface area contributed by atoms with E-state index < -0.39 is 9.84 Å². The van der Waals surface area contributed by atoms with Crippen molar-refractivity contribution < 1.29 is 22.7 Å². The van der Waals surface area contributed by atoms with E-state index in [0.717, 1.165) is 49.1 Å². The van der Waals surface area contributed by atoms with E-state index in [2.05, 4.69) is 9.98 Å². The number of rotatable bonds is 6. The number of aliphatic imine (C=N–C) groups is 1. The number of likely N-dealkylation sites (tertiary alicyclic amines) is 1. The summed E-state index contributed by atoms with van der Waals surface area (Å²) < 4.78 is 35.3. The van der Waals surface area contributed by atoms with E-state index in [1.807, 2.05) is 36.1 Å². The lowest BCUT2D eigenvalue weighted by Crippen LogP contribution is -2.27. The van der Waals surface area contributed by atoms with Gasteiger partial charge >= 0.3 is 0 Å². The standard InChI is InChI=1S/C26H27N3O5S/c1-17-16-27-25(33-17)24-10-9-23(28-24)18-13-19(26(30)29-11-3-4-12-29)15-21(14-18)34-20-5-7-22(8-6-20)35(2,31)32/h5-10,13-15,17,28H,3-4,11-12,16H2,1-2H3/t17-/m0/s1. The predicted molar refractivity (Wildman–Crippen MR) is 133 cm³/mol. The minimum Gasteiger partial charge on any atom is -0.471 e. The van der Waals surface area contributed by atoms with Gasteiger partial charge in [-0.25, -0.2) is 13.4 Å². The van der Waals surface area contributed by atoms with Crippen molar-refractivity contribution in [1.29, 1.82) is 0 Å². The van der Waals surface area contributed by atoms with Crippen molar-refractivity contribution in [3.63, 3.8) is 0 Å². The van der Waals surface area contributed by atoms with Crippen LogP contribution in [-0.4, -0.2) is 62.1 Å². The zero-order chi connectivity index (χ0) is 24.6. The molecular formula is C26H27N3O5S. The Labute approximate surface area is 204 Å². The number of aromatic nitrogens is 1. The lowest BCUT2D eigenvalue weighted by atomic mass is 10.1. The van der Waals surface area contributed by atoms with Crippen molar-refractivity contribution >= 4 is 21.6 Å². The van der Waals surface area contributed by atoms with E-state index in [0.29, 0.717) is 29.5 Å². The summed E-state index contributed by atoms with van der Waals surface area (Å²) in [5.41, 5.74) is 2.90. The molecule has 1 fully saturated rings. The SMILES string of the molecule is C[C@H]1CN=C(c2ccc(-c3cc(Oc4ccc(S(C)(=O)=O)cc4)cc(C(=O)N4CCCC4)c3)[nH]2)O1. The van der Waals surface area contributed by atoms with Crippen LogP contribution in [0.2, 0.25) is 0 Å². The number of nitrogens with zero attached hydrogens (tertiary/aromatic N) is 2. The largest absolute Gasteiger partial charge is 0.471 e. The number of H-pyrrole nitrogens is 1. The zero-order valence-corrected chi connectivity index (χ0v) is 20.5. The van der Waals surface area contributed by atoms with Crippen molar-refractivity contribution in [2.45, 2.75) is 30.8 Å². The summed E-state index contributed by atoms with van der Waals surface area (Å²) in [7, 11) is -3.30. The smallest absolute Gasteiger partial charge is 0.254 e. The minimum atomic E-state index is -3.30. The second-order valence-corrected chi connectivity index (χ2v) is 11.0. The van der Waals surface area contributed by atoms with Crippen molar-refractivity contribution in [3.05, 3.63) is 65.9 Å². The molecule has 1 N–H and O–H groups in total. The highest BCUT2D eigenvalue weighted by atomic mass is 32.2. The van der Waals surface area contributed by atoms with Gasteiger partial charge in [0, 0.05) is 36.2 Å². The molecule has 0 bridgehead atoms. The van der Waals surface area contributed by atoms with Gasteiger partial charge in [0.05, 0.1) is 11.4 Å². The molecule has 182 valence electrons. The number of hydrogen-bond acceptors (Lipinski definition) is 6. The van der Waals surface area contributed by atoms with Crippen LogP contribution in [0, 0.1) is 0 Å². The van der Waals surface area contributed by atoms with Crippen LogP contribution in [0.3, 0.4) is 0 Å². The Morgan fingerprint density at radius 1 is 1.03 bits per heavy atom. The number of carbonyl (C=O) groups excluding carboxylic acids is 1. The maximum atomic E-state index is 13.2. The third-order valence-corrected chi connectivity index (χ3v) is 7.20. The molecule has 0 radical (unpaired) electrons. The van der Waals surface area contributed by atoms with Gasteiger partial charge in [-0.15, -0.1) is 0 Å². The van der Waals surface area contributed by atoms with E-state index in [-0.39, 0.29) is 16.9 Å². The monoisotopic (exact) mass is 493 g/mol. The van der Waals surface area contributed by atoms with Crippen LogP contribution < -0.4 is 4.74 Å². The normalized spacial score (nSPS) is 17.8. The van der Waals surface area contributed by atoms with Crippen LogP contribution in [0.1, 0.15) is 35.8 Å². The van der Waals surface area contributed by atoms with Gasteiger partial charge in [-0.2, -0.15) is 0 Å². The Hall–Kier alpha value is -3.59. The zero-order valence-electron chi connectivity index (χ0n) is 19.7. The van der Waals surface area contributed by atoms with Crippen LogP contribution >= 0.6 is 0 Å². The fraction of sp³-hybridized carbons (Fsp3) is 0.308. The number of carbonyl (C=O) groups is 1. The number of hydrogen-bond donors (Lipinski definition) is 1. The summed E-state index contributed by atoms with van der Waals surface area (Å²) in [5.74, 6) is 1.50. The molecule has 2 aliphatic rings. The second-order valence-electron chi connectivity index (χ2n) is 8.95. The third kappa shape index (κ3) is 5.09. The number of benzene rings is 2. The number of sulfone groups is 1. The maximum absolute atomic E-state index is 13.2. The first kappa shape index (κ1) is 23.2. The first-order chi connectivity index (χ1) is 16.8. The molecule has 0 saturated carbocycles. The molecular weight excluding hydrogens is 466 g/mol. The van der Waals surface area contributed by atoms with Crippen LogP contribution in [0.5, 0.6) is 11.5 Å². The van der Waals surface area contributed by atoms with Crippen LogP contribution in [0.25, 0.3) is 11.3 Å². The van der Waals surface area contributed by atoms with E-state index in [4.69, 9.17) is 9.47 Å². The molecule has 2 aromatic carbocycles. The van der Waals surface area contributed by atoms with Gasteiger partial charge in [0.25, 0.3) is 5.91 Å². The summed E-state index contributed by atoms with van der Waals surface area (Å²) in [6, 6.07) is 15.5. The second kappa shape index (κ2) is 9.22. The quantitative estimate of drug-likeness (QED) is 0.552. The van der Waals surface area contributed by atoms with Gasteiger partial charge in [0.15, 0.2) is 9.84 Å². The lowest BCUT2D eigenvalue weighted by Gasteiger charge is -2.17. The summed E-state index contributed by atoms with van der Waals surface area (Å²) in [6.45, 7) is 4.09. The molecule has 0 spiro atoms.